The van der Waals surface area contributed by atoms with Gasteiger partial charge in [-0.3, -0.25) is 0 Å². The predicted molar refractivity (Wildman–Crippen MR) is 245 cm³/mol. The Labute approximate surface area is 336 Å². The van der Waals surface area contributed by atoms with Crippen molar-refractivity contribution in [2.45, 2.75) is 51.4 Å². The molecule has 0 bridgehead atoms. The lowest BCUT2D eigenvalue weighted by Crippen LogP contribution is -2.33. The van der Waals surface area contributed by atoms with Crippen LogP contribution < -0.4 is 4.90 Å². The molecule has 0 aromatic heterocycles. The summed E-state index contributed by atoms with van der Waals surface area (Å²) in [6.07, 6.45) is 2.42. The summed E-state index contributed by atoms with van der Waals surface area (Å²) in [5.74, 6) is 0. The number of hydrogen-bond donors (Lipinski definition) is 0. The van der Waals surface area contributed by atoms with Crippen LogP contribution in [0.4, 0.5) is 17.1 Å². The minimum Gasteiger partial charge on any atom is -0.310 e. The van der Waals surface area contributed by atoms with Crippen molar-refractivity contribution in [2.75, 3.05) is 4.90 Å². The first-order chi connectivity index (χ1) is 27.7. The maximum absolute atomic E-state index is 2.47. The van der Waals surface area contributed by atoms with Gasteiger partial charge in [-0.1, -0.05) is 173 Å². The molecule has 0 N–H and O–H groups in total. The summed E-state index contributed by atoms with van der Waals surface area (Å²) >= 11 is 0. The fourth-order valence-corrected chi connectivity index (χ4v) is 9.37. The number of hydrogen-bond acceptors (Lipinski definition) is 1. The van der Waals surface area contributed by atoms with Crippen LogP contribution in [0.1, 0.15) is 51.7 Å². The van der Waals surface area contributed by atoms with Gasteiger partial charge in [0.1, 0.15) is 0 Å². The molecule has 0 heterocycles. The number of para-hydroxylation sites is 1. The van der Waals surface area contributed by atoms with Crippen molar-refractivity contribution >= 4 is 49.4 Å². The number of rotatable bonds is 6. The highest BCUT2D eigenvalue weighted by Gasteiger charge is 2.37. The molecule has 0 fully saturated rings. The van der Waals surface area contributed by atoms with Gasteiger partial charge < -0.3 is 4.90 Å². The van der Waals surface area contributed by atoms with Gasteiger partial charge in [-0.15, -0.1) is 0 Å². The van der Waals surface area contributed by atoms with Crippen molar-refractivity contribution in [1.29, 1.82) is 0 Å². The van der Waals surface area contributed by atoms with Gasteiger partial charge in [0.25, 0.3) is 0 Å². The van der Waals surface area contributed by atoms with E-state index in [4.69, 9.17) is 0 Å². The van der Waals surface area contributed by atoms with Gasteiger partial charge in [0.2, 0.25) is 0 Å². The molecule has 0 saturated carbocycles. The van der Waals surface area contributed by atoms with E-state index < -0.39 is 0 Å². The molecule has 0 saturated heterocycles. The Hall–Kier alpha value is -6.44. The SMILES string of the molecule is CC1(C)CCC(C)(C)c2cc(-c3ccc(N(c4cccc(-c5ccc6ccccc6c5)c4)c4ccccc4-c4cc5ccccc5c5ccccc45)cc3)ccc21. The second-order valence-corrected chi connectivity index (χ2v) is 17.2. The Morgan fingerprint density at radius 2 is 0.947 bits per heavy atom. The molecule has 1 heteroatoms. The third-order valence-electron chi connectivity index (χ3n) is 12.7. The first-order valence-electron chi connectivity index (χ1n) is 20.4. The standard InChI is InChI=1S/C56H47N/c1-55(2)32-33-56(3,4)53-37-43(28-31-52(53)55)39-26-29-45(30-27-39)57(46-18-13-17-41(35-46)42-25-24-38-14-5-6-15-40(38)34-42)54-23-12-11-22-50(54)51-36-44-16-7-8-19-47(44)48-20-9-10-21-49(48)51/h5-31,34-37H,32-33H2,1-4H3. The number of benzene rings is 9. The number of nitrogens with zero attached hydrogens (tertiary/aromatic N) is 1. The fraction of sp³-hybridized carbons (Fsp3) is 0.143. The van der Waals surface area contributed by atoms with Crippen molar-refractivity contribution in [3.05, 3.63) is 199 Å². The molecule has 1 nitrogen and oxygen atoms in total. The van der Waals surface area contributed by atoms with Crippen LogP contribution in [0.15, 0.2) is 188 Å². The summed E-state index contributed by atoms with van der Waals surface area (Å²) in [5.41, 5.74) is 14.0. The largest absolute Gasteiger partial charge is 0.310 e. The quantitative estimate of drug-likeness (QED) is 0.154. The third-order valence-corrected chi connectivity index (χ3v) is 12.7. The van der Waals surface area contributed by atoms with E-state index in [1.165, 1.54) is 89.7 Å². The molecule has 1 aliphatic rings. The Balaban J connectivity index is 1.14. The number of fused-ring (bicyclic) bond motifs is 5. The molecular weight excluding hydrogens is 687 g/mol. The Morgan fingerprint density at radius 3 is 1.75 bits per heavy atom. The molecule has 9 aromatic carbocycles. The molecule has 276 valence electrons. The first-order valence-corrected chi connectivity index (χ1v) is 20.4. The predicted octanol–water partition coefficient (Wildman–Crippen LogP) is 16.0. The van der Waals surface area contributed by atoms with Crippen LogP contribution in [-0.4, -0.2) is 0 Å². The molecule has 9 aromatic rings. The van der Waals surface area contributed by atoms with Crippen LogP contribution in [0.25, 0.3) is 65.7 Å². The van der Waals surface area contributed by atoms with Crippen molar-refractivity contribution in [3.63, 3.8) is 0 Å². The minimum atomic E-state index is 0.157. The molecule has 0 amide bonds. The van der Waals surface area contributed by atoms with Crippen LogP contribution in [0, 0.1) is 0 Å². The molecule has 0 unspecified atom stereocenters. The lowest BCUT2D eigenvalue weighted by molar-refractivity contribution is 0.332. The van der Waals surface area contributed by atoms with E-state index in [9.17, 15) is 0 Å². The zero-order valence-electron chi connectivity index (χ0n) is 33.3. The van der Waals surface area contributed by atoms with E-state index in [1.54, 1.807) is 0 Å². The summed E-state index contributed by atoms with van der Waals surface area (Å²) in [4.78, 5) is 2.45. The van der Waals surface area contributed by atoms with Crippen molar-refractivity contribution in [1.82, 2.24) is 0 Å². The Kier molecular flexibility index (Phi) is 8.38. The van der Waals surface area contributed by atoms with Crippen molar-refractivity contribution < 1.29 is 0 Å². The summed E-state index contributed by atoms with van der Waals surface area (Å²) in [7, 11) is 0. The van der Waals surface area contributed by atoms with E-state index >= 15 is 0 Å². The highest BCUT2D eigenvalue weighted by molar-refractivity contribution is 6.15. The maximum atomic E-state index is 2.47. The molecule has 0 aliphatic heterocycles. The second kappa shape index (κ2) is 13.6. The van der Waals surface area contributed by atoms with Crippen LogP contribution in [-0.2, 0) is 10.8 Å². The lowest BCUT2D eigenvalue weighted by atomic mass is 9.63. The smallest absolute Gasteiger partial charge is 0.0540 e. The average molecular weight is 734 g/mol. The molecule has 0 spiro atoms. The van der Waals surface area contributed by atoms with E-state index in [-0.39, 0.29) is 10.8 Å². The molecule has 1 aliphatic carbocycles. The fourth-order valence-electron chi connectivity index (χ4n) is 9.37. The van der Waals surface area contributed by atoms with E-state index in [2.05, 4.69) is 221 Å². The summed E-state index contributed by atoms with van der Waals surface area (Å²) < 4.78 is 0. The average Bonchev–Trinajstić information content (AvgIpc) is 3.25. The zero-order chi connectivity index (χ0) is 38.7. The normalized spacial score (nSPS) is 14.5. The summed E-state index contributed by atoms with van der Waals surface area (Å²) in [6, 6.07) is 69.8. The highest BCUT2D eigenvalue weighted by atomic mass is 15.1. The molecular formula is C56H47N. The molecule has 10 rings (SSSR count). The van der Waals surface area contributed by atoms with Crippen molar-refractivity contribution in [3.8, 4) is 33.4 Å². The number of anilines is 3. The first kappa shape index (κ1) is 35.0. The summed E-state index contributed by atoms with van der Waals surface area (Å²) in [5, 5.41) is 7.54. The van der Waals surface area contributed by atoms with Gasteiger partial charge in [-0.05, 0) is 137 Å². The van der Waals surface area contributed by atoms with Gasteiger partial charge in [-0.25, -0.2) is 0 Å². The van der Waals surface area contributed by atoms with Gasteiger partial charge in [0, 0.05) is 16.9 Å². The Bertz CT molecular complexity index is 2960. The Morgan fingerprint density at radius 1 is 0.351 bits per heavy atom. The zero-order valence-corrected chi connectivity index (χ0v) is 33.3. The molecule has 57 heavy (non-hydrogen) atoms. The van der Waals surface area contributed by atoms with Gasteiger partial charge >= 0.3 is 0 Å². The minimum absolute atomic E-state index is 0.157. The monoisotopic (exact) mass is 733 g/mol. The van der Waals surface area contributed by atoms with Crippen LogP contribution in [0.2, 0.25) is 0 Å². The van der Waals surface area contributed by atoms with Gasteiger partial charge in [-0.2, -0.15) is 0 Å². The van der Waals surface area contributed by atoms with Crippen LogP contribution in [0.3, 0.4) is 0 Å². The highest BCUT2D eigenvalue weighted by Crippen LogP contribution is 2.48. The third kappa shape index (κ3) is 6.19. The summed E-state index contributed by atoms with van der Waals surface area (Å²) in [6.45, 7) is 9.62. The maximum Gasteiger partial charge on any atom is 0.0540 e. The van der Waals surface area contributed by atoms with Crippen LogP contribution >= 0.6 is 0 Å². The van der Waals surface area contributed by atoms with Gasteiger partial charge in [0.05, 0.1) is 5.69 Å². The lowest BCUT2D eigenvalue weighted by Gasteiger charge is -2.42. The topological polar surface area (TPSA) is 3.24 Å². The van der Waals surface area contributed by atoms with E-state index in [1.807, 2.05) is 0 Å². The van der Waals surface area contributed by atoms with Gasteiger partial charge in [0.15, 0.2) is 0 Å². The van der Waals surface area contributed by atoms with E-state index in [0.29, 0.717) is 0 Å². The second-order valence-electron chi connectivity index (χ2n) is 17.2. The van der Waals surface area contributed by atoms with E-state index in [0.717, 1.165) is 17.1 Å². The van der Waals surface area contributed by atoms with Crippen LogP contribution in [0.5, 0.6) is 0 Å². The van der Waals surface area contributed by atoms with Crippen molar-refractivity contribution in [2.24, 2.45) is 0 Å². The molecule has 0 atom stereocenters. The molecule has 0 radical (unpaired) electrons.